The zero-order valence-corrected chi connectivity index (χ0v) is 14.9. The fraction of sp³-hybridized carbons (Fsp3) is 0.500. The van der Waals surface area contributed by atoms with Gasteiger partial charge in [0.05, 0.1) is 16.3 Å². The Kier molecular flexibility index (Phi) is 3.73. The molecule has 1 fully saturated rings. The van der Waals surface area contributed by atoms with Crippen molar-refractivity contribution in [3.05, 3.63) is 28.5 Å². The highest BCUT2D eigenvalue weighted by atomic mass is 32.1. The molecule has 3 aromatic rings. The van der Waals surface area contributed by atoms with Crippen LogP contribution in [0.2, 0.25) is 0 Å². The highest BCUT2D eigenvalue weighted by molar-refractivity contribution is 7.18. The minimum Gasteiger partial charge on any atom is -0.423 e. The van der Waals surface area contributed by atoms with E-state index < -0.39 is 0 Å². The number of methoxy groups -OCH3 is 1. The van der Waals surface area contributed by atoms with E-state index in [0.717, 1.165) is 34.8 Å². The number of nitrogens with zero attached hydrogens (tertiary/aromatic N) is 5. The number of ether oxygens (including phenoxy) is 1. The summed E-state index contributed by atoms with van der Waals surface area (Å²) < 4.78 is 12.4. The normalized spacial score (nSPS) is 21.1. The third-order valence-corrected chi connectivity index (χ3v) is 5.46. The Morgan fingerprint density at radius 3 is 2.79 bits per heavy atom. The summed E-state index contributed by atoms with van der Waals surface area (Å²) >= 11 is 1.67. The average Bonchev–Trinajstić information content (AvgIpc) is 3.26. The third kappa shape index (κ3) is 2.46. The zero-order chi connectivity index (χ0) is 16.8. The van der Waals surface area contributed by atoms with Crippen LogP contribution in [0.3, 0.4) is 0 Å². The molecule has 0 saturated carbocycles. The fourth-order valence-corrected chi connectivity index (χ4v) is 4.20. The van der Waals surface area contributed by atoms with E-state index in [1.165, 1.54) is 5.56 Å². The van der Waals surface area contributed by atoms with Gasteiger partial charge >= 0.3 is 0 Å². The molecule has 1 saturated heterocycles. The summed E-state index contributed by atoms with van der Waals surface area (Å²) in [5.41, 5.74) is 2.19. The topological polar surface area (TPSA) is 77.2 Å². The third-order valence-electron chi connectivity index (χ3n) is 4.38. The predicted molar refractivity (Wildman–Crippen MR) is 91.4 cm³/mol. The SMILES string of the molecule is CO[C@H]1C[C@H](c2nnc(C)o2)N(c2nc(C)nc3c(C)csc23)C1. The van der Waals surface area contributed by atoms with Crippen molar-refractivity contribution >= 4 is 27.4 Å². The van der Waals surface area contributed by atoms with E-state index in [4.69, 9.17) is 14.1 Å². The molecule has 0 aliphatic carbocycles. The van der Waals surface area contributed by atoms with Crippen LogP contribution in [0.25, 0.3) is 10.2 Å². The van der Waals surface area contributed by atoms with Gasteiger partial charge in [-0.3, -0.25) is 0 Å². The van der Waals surface area contributed by atoms with Crippen molar-refractivity contribution in [2.45, 2.75) is 39.3 Å². The second-order valence-electron chi connectivity index (χ2n) is 6.11. The van der Waals surface area contributed by atoms with Crippen LogP contribution in [0, 0.1) is 20.8 Å². The maximum atomic E-state index is 5.70. The van der Waals surface area contributed by atoms with E-state index in [1.54, 1.807) is 25.4 Å². The molecule has 3 aromatic heterocycles. The molecule has 4 rings (SSSR count). The maximum absolute atomic E-state index is 5.70. The molecule has 1 aliphatic heterocycles. The first kappa shape index (κ1) is 15.5. The van der Waals surface area contributed by atoms with Crippen molar-refractivity contribution in [1.82, 2.24) is 20.2 Å². The van der Waals surface area contributed by atoms with Crippen molar-refractivity contribution in [3.63, 3.8) is 0 Å². The number of anilines is 1. The average molecular weight is 345 g/mol. The van der Waals surface area contributed by atoms with Crippen molar-refractivity contribution in [2.24, 2.45) is 0 Å². The van der Waals surface area contributed by atoms with E-state index in [2.05, 4.69) is 32.4 Å². The molecule has 0 spiro atoms. The maximum Gasteiger partial charge on any atom is 0.238 e. The number of rotatable bonds is 3. The summed E-state index contributed by atoms with van der Waals surface area (Å²) in [6, 6.07) is -0.0314. The number of aromatic nitrogens is 4. The minimum atomic E-state index is -0.0314. The van der Waals surface area contributed by atoms with Gasteiger partial charge in [0.2, 0.25) is 11.8 Å². The van der Waals surface area contributed by atoms with E-state index >= 15 is 0 Å². The number of hydrogen-bond donors (Lipinski definition) is 0. The summed E-state index contributed by atoms with van der Waals surface area (Å²) in [4.78, 5) is 11.5. The lowest BCUT2D eigenvalue weighted by atomic mass is 10.2. The highest BCUT2D eigenvalue weighted by Gasteiger charge is 2.38. The molecule has 0 N–H and O–H groups in total. The van der Waals surface area contributed by atoms with Crippen LogP contribution in [-0.4, -0.2) is 39.9 Å². The Bertz CT molecular complexity index is 890. The molecule has 0 aromatic carbocycles. The Labute approximate surface area is 143 Å². The number of fused-ring (bicyclic) bond motifs is 1. The number of aryl methyl sites for hydroxylation is 3. The van der Waals surface area contributed by atoms with Crippen LogP contribution < -0.4 is 4.90 Å². The summed E-state index contributed by atoms with van der Waals surface area (Å²) in [6.45, 7) is 6.55. The monoisotopic (exact) mass is 345 g/mol. The zero-order valence-electron chi connectivity index (χ0n) is 14.1. The van der Waals surface area contributed by atoms with Crippen LogP contribution in [0.4, 0.5) is 5.82 Å². The fourth-order valence-electron chi connectivity index (χ4n) is 3.20. The molecular formula is C16H19N5O2S. The highest BCUT2D eigenvalue weighted by Crippen LogP contribution is 2.40. The number of thiophene rings is 1. The van der Waals surface area contributed by atoms with Gasteiger partial charge in [-0.25, -0.2) is 9.97 Å². The summed E-state index contributed by atoms with van der Waals surface area (Å²) in [7, 11) is 1.74. The van der Waals surface area contributed by atoms with Gasteiger partial charge < -0.3 is 14.1 Å². The van der Waals surface area contributed by atoms with Gasteiger partial charge in [-0.05, 0) is 24.8 Å². The molecule has 0 unspecified atom stereocenters. The first-order valence-electron chi connectivity index (χ1n) is 7.88. The molecule has 126 valence electrons. The summed E-state index contributed by atoms with van der Waals surface area (Å²) in [5, 5.41) is 10.3. The van der Waals surface area contributed by atoms with Crippen LogP contribution in [0.1, 0.15) is 35.6 Å². The van der Waals surface area contributed by atoms with E-state index in [1.807, 2.05) is 6.92 Å². The number of hydrogen-bond acceptors (Lipinski definition) is 8. The van der Waals surface area contributed by atoms with Gasteiger partial charge in [0.1, 0.15) is 11.9 Å². The van der Waals surface area contributed by atoms with Crippen molar-refractivity contribution in [3.8, 4) is 0 Å². The smallest absolute Gasteiger partial charge is 0.238 e. The largest absolute Gasteiger partial charge is 0.423 e. The molecule has 0 radical (unpaired) electrons. The van der Waals surface area contributed by atoms with Crippen molar-refractivity contribution in [2.75, 3.05) is 18.6 Å². The molecule has 0 bridgehead atoms. The van der Waals surface area contributed by atoms with Gasteiger partial charge in [0.15, 0.2) is 5.82 Å². The predicted octanol–water partition coefficient (Wildman–Crippen LogP) is 2.97. The van der Waals surface area contributed by atoms with Crippen molar-refractivity contribution in [1.29, 1.82) is 0 Å². The first-order valence-corrected chi connectivity index (χ1v) is 8.76. The van der Waals surface area contributed by atoms with Gasteiger partial charge in [0.25, 0.3) is 0 Å². The molecule has 24 heavy (non-hydrogen) atoms. The van der Waals surface area contributed by atoms with Gasteiger partial charge in [0, 0.05) is 27.0 Å². The second kappa shape index (κ2) is 5.78. The summed E-state index contributed by atoms with van der Waals surface area (Å²) in [6.07, 6.45) is 0.904. The van der Waals surface area contributed by atoms with Gasteiger partial charge in [-0.1, -0.05) is 0 Å². The van der Waals surface area contributed by atoms with Gasteiger partial charge in [-0.15, -0.1) is 21.5 Å². The molecular weight excluding hydrogens is 326 g/mol. The molecule has 1 aliphatic rings. The first-order chi connectivity index (χ1) is 11.6. The molecule has 2 atom stereocenters. The second-order valence-corrected chi connectivity index (χ2v) is 6.99. The quantitative estimate of drug-likeness (QED) is 0.722. The van der Waals surface area contributed by atoms with E-state index in [-0.39, 0.29) is 12.1 Å². The Balaban J connectivity index is 1.84. The lowest BCUT2D eigenvalue weighted by Crippen LogP contribution is -2.26. The summed E-state index contributed by atoms with van der Waals surface area (Å²) in [5.74, 6) is 2.88. The van der Waals surface area contributed by atoms with Crippen LogP contribution in [0.15, 0.2) is 9.80 Å². The molecule has 0 amide bonds. The lowest BCUT2D eigenvalue weighted by Gasteiger charge is -2.23. The lowest BCUT2D eigenvalue weighted by molar-refractivity contribution is 0.117. The Hall–Kier alpha value is -2.06. The van der Waals surface area contributed by atoms with Crippen LogP contribution in [0.5, 0.6) is 0 Å². The van der Waals surface area contributed by atoms with Gasteiger partial charge in [-0.2, -0.15) is 0 Å². The van der Waals surface area contributed by atoms with E-state index in [0.29, 0.717) is 11.8 Å². The van der Waals surface area contributed by atoms with Crippen LogP contribution >= 0.6 is 11.3 Å². The molecule has 8 heteroatoms. The Morgan fingerprint density at radius 1 is 1.25 bits per heavy atom. The Morgan fingerprint density at radius 2 is 2.08 bits per heavy atom. The standard InChI is InChI=1S/C16H19N5O2S/c1-8-7-24-14-13(8)17-9(2)18-15(14)21-6-11(22-4)5-12(21)16-20-19-10(3)23-16/h7,11-12H,5-6H2,1-4H3/t11-,12+/m0/s1. The van der Waals surface area contributed by atoms with E-state index in [9.17, 15) is 0 Å². The van der Waals surface area contributed by atoms with Crippen molar-refractivity contribution < 1.29 is 9.15 Å². The molecule has 7 nitrogen and oxygen atoms in total. The van der Waals surface area contributed by atoms with Crippen LogP contribution in [-0.2, 0) is 4.74 Å². The molecule has 4 heterocycles. The minimum absolute atomic E-state index is 0.0314.